The van der Waals surface area contributed by atoms with Gasteiger partial charge in [-0.1, -0.05) is 35.9 Å². The van der Waals surface area contributed by atoms with Crippen LogP contribution in [0.25, 0.3) is 0 Å². The van der Waals surface area contributed by atoms with Gasteiger partial charge in [0.25, 0.3) is 0 Å². The van der Waals surface area contributed by atoms with Crippen molar-refractivity contribution in [2.45, 2.75) is 31.3 Å². The van der Waals surface area contributed by atoms with E-state index in [1.807, 2.05) is 36.2 Å². The molecule has 1 N–H and O–H groups in total. The number of hydrogen-bond acceptors (Lipinski definition) is 5. The summed E-state index contributed by atoms with van der Waals surface area (Å²) < 4.78 is 32.8. The SMILES string of the molecule is Cc1ccc(NC(=O)C(C)N(C)Cc2ccccc2Cl)cc1S(=O)(=O)N1CCOCC1. The normalized spacial score (nSPS) is 16.3. The van der Waals surface area contributed by atoms with Crippen LogP contribution in [0.15, 0.2) is 47.4 Å². The molecule has 9 heteroatoms. The molecule has 0 saturated carbocycles. The van der Waals surface area contributed by atoms with Crippen LogP contribution in [0.2, 0.25) is 5.02 Å². The predicted molar refractivity (Wildman–Crippen MR) is 122 cm³/mol. The van der Waals surface area contributed by atoms with Gasteiger partial charge in [0.2, 0.25) is 15.9 Å². The molecule has 7 nitrogen and oxygen atoms in total. The lowest BCUT2D eigenvalue weighted by atomic mass is 10.1. The predicted octanol–water partition coefficient (Wildman–Crippen LogP) is 3.13. The Balaban J connectivity index is 1.72. The molecule has 0 spiro atoms. The number of carbonyl (C=O) groups excluding carboxylic acids is 1. The standard InChI is InChI=1S/C22H28ClN3O4S/c1-16-8-9-19(14-21(16)31(28,29)26-10-12-30-13-11-26)24-22(27)17(2)25(3)15-18-6-4-5-7-20(18)23/h4-9,14,17H,10-13,15H2,1-3H3,(H,24,27). The van der Waals surface area contributed by atoms with Crippen LogP contribution in [0.5, 0.6) is 0 Å². The molecule has 3 rings (SSSR count). The van der Waals surface area contributed by atoms with Crippen molar-refractivity contribution in [1.29, 1.82) is 0 Å². The lowest BCUT2D eigenvalue weighted by molar-refractivity contribution is -0.120. The van der Waals surface area contributed by atoms with Crippen LogP contribution in [-0.2, 0) is 26.1 Å². The minimum absolute atomic E-state index is 0.198. The number of amides is 1. The smallest absolute Gasteiger partial charge is 0.243 e. The highest BCUT2D eigenvalue weighted by Gasteiger charge is 2.28. The Hall–Kier alpha value is -1.97. The molecule has 2 aromatic carbocycles. The van der Waals surface area contributed by atoms with Gasteiger partial charge < -0.3 is 10.1 Å². The number of likely N-dealkylation sites (N-methyl/N-ethyl adjacent to an activating group) is 1. The highest BCUT2D eigenvalue weighted by molar-refractivity contribution is 7.89. The Labute approximate surface area is 189 Å². The molecule has 168 valence electrons. The highest BCUT2D eigenvalue weighted by atomic mass is 35.5. The summed E-state index contributed by atoms with van der Waals surface area (Å²) in [6.07, 6.45) is 0. The van der Waals surface area contributed by atoms with Gasteiger partial charge in [0.05, 0.1) is 24.2 Å². The van der Waals surface area contributed by atoms with E-state index in [0.29, 0.717) is 49.1 Å². The second kappa shape index (κ2) is 10.1. The Morgan fingerprint density at radius 1 is 1.23 bits per heavy atom. The minimum Gasteiger partial charge on any atom is -0.379 e. The first-order valence-electron chi connectivity index (χ1n) is 10.1. The number of morpholine rings is 1. The molecule has 1 aliphatic heterocycles. The first-order valence-corrected chi connectivity index (χ1v) is 11.9. The lowest BCUT2D eigenvalue weighted by Gasteiger charge is -2.27. The summed E-state index contributed by atoms with van der Waals surface area (Å²) in [5.74, 6) is -0.229. The third-order valence-electron chi connectivity index (χ3n) is 5.46. The van der Waals surface area contributed by atoms with E-state index in [1.54, 1.807) is 26.0 Å². The van der Waals surface area contributed by atoms with E-state index >= 15 is 0 Å². The van der Waals surface area contributed by atoms with E-state index in [2.05, 4.69) is 5.32 Å². The Morgan fingerprint density at radius 2 is 1.90 bits per heavy atom. The van der Waals surface area contributed by atoms with E-state index < -0.39 is 16.1 Å². The molecule has 0 aromatic heterocycles. The maximum atomic E-state index is 13.1. The number of halogens is 1. The van der Waals surface area contributed by atoms with Crippen LogP contribution >= 0.6 is 11.6 Å². The lowest BCUT2D eigenvalue weighted by Crippen LogP contribution is -2.41. The van der Waals surface area contributed by atoms with E-state index in [4.69, 9.17) is 16.3 Å². The molecule has 1 amide bonds. The van der Waals surface area contributed by atoms with Gasteiger partial charge in [-0.3, -0.25) is 9.69 Å². The quantitative estimate of drug-likeness (QED) is 0.679. The van der Waals surface area contributed by atoms with Gasteiger partial charge in [0, 0.05) is 30.3 Å². The topological polar surface area (TPSA) is 79.0 Å². The average molecular weight is 466 g/mol. The van der Waals surface area contributed by atoms with Crippen molar-refractivity contribution in [3.63, 3.8) is 0 Å². The number of nitrogens with one attached hydrogen (secondary N) is 1. The number of ether oxygens (including phenoxy) is 1. The number of anilines is 1. The molecule has 1 atom stereocenters. The second-order valence-electron chi connectivity index (χ2n) is 7.67. The van der Waals surface area contributed by atoms with Gasteiger partial charge in [0.1, 0.15) is 0 Å². The molecule has 1 unspecified atom stereocenters. The van der Waals surface area contributed by atoms with Gasteiger partial charge in [0.15, 0.2) is 0 Å². The second-order valence-corrected chi connectivity index (χ2v) is 9.98. The molecule has 0 aliphatic carbocycles. The maximum Gasteiger partial charge on any atom is 0.243 e. The summed E-state index contributed by atoms with van der Waals surface area (Å²) >= 11 is 6.23. The zero-order chi connectivity index (χ0) is 22.6. The largest absolute Gasteiger partial charge is 0.379 e. The van der Waals surface area contributed by atoms with Crippen molar-refractivity contribution in [2.75, 3.05) is 38.7 Å². The first-order chi connectivity index (χ1) is 14.7. The molecule has 1 heterocycles. The third-order valence-corrected chi connectivity index (χ3v) is 7.87. The fourth-order valence-corrected chi connectivity index (χ4v) is 5.22. The fourth-order valence-electron chi connectivity index (χ4n) is 3.36. The molecule has 2 aromatic rings. The third kappa shape index (κ3) is 5.64. The first kappa shape index (κ1) is 23.7. The molecular weight excluding hydrogens is 438 g/mol. The number of carbonyl (C=O) groups is 1. The number of rotatable bonds is 7. The van der Waals surface area contributed by atoms with Crippen LogP contribution < -0.4 is 5.32 Å². The van der Waals surface area contributed by atoms with Crippen LogP contribution in [-0.4, -0.2) is 62.9 Å². The molecule has 31 heavy (non-hydrogen) atoms. The van der Waals surface area contributed by atoms with Crippen LogP contribution in [0.1, 0.15) is 18.1 Å². The fraction of sp³-hybridized carbons (Fsp3) is 0.409. The van der Waals surface area contributed by atoms with E-state index in [9.17, 15) is 13.2 Å². The maximum absolute atomic E-state index is 13.1. The van der Waals surface area contributed by atoms with Gasteiger partial charge in [-0.15, -0.1) is 0 Å². The van der Waals surface area contributed by atoms with Crippen molar-refractivity contribution in [3.05, 3.63) is 58.6 Å². The summed E-state index contributed by atoms with van der Waals surface area (Å²) in [6, 6.07) is 12.0. The molecule has 1 fully saturated rings. The van der Waals surface area contributed by atoms with E-state index in [1.165, 1.54) is 10.4 Å². The van der Waals surface area contributed by atoms with Crippen molar-refractivity contribution < 1.29 is 17.9 Å². The monoisotopic (exact) mass is 465 g/mol. The van der Waals surface area contributed by atoms with E-state index in [0.717, 1.165) is 5.56 Å². The molecular formula is C22H28ClN3O4S. The van der Waals surface area contributed by atoms with Crippen molar-refractivity contribution in [3.8, 4) is 0 Å². The Kier molecular flexibility index (Phi) is 7.72. The summed E-state index contributed by atoms with van der Waals surface area (Å²) in [6.45, 7) is 5.46. The number of nitrogens with zero attached hydrogens (tertiary/aromatic N) is 2. The van der Waals surface area contributed by atoms with Gasteiger partial charge in [-0.05, 0) is 50.2 Å². The zero-order valence-electron chi connectivity index (χ0n) is 18.0. The van der Waals surface area contributed by atoms with Crippen LogP contribution in [0.3, 0.4) is 0 Å². The number of benzene rings is 2. The van der Waals surface area contributed by atoms with Crippen molar-refractivity contribution in [1.82, 2.24) is 9.21 Å². The van der Waals surface area contributed by atoms with Gasteiger partial charge in [-0.2, -0.15) is 4.31 Å². The molecule has 1 saturated heterocycles. The summed E-state index contributed by atoms with van der Waals surface area (Å²) in [5, 5.41) is 3.50. The number of aryl methyl sites for hydroxylation is 1. The van der Waals surface area contributed by atoms with Crippen molar-refractivity contribution >= 4 is 33.2 Å². The molecule has 0 radical (unpaired) electrons. The summed E-state index contributed by atoms with van der Waals surface area (Å²) in [7, 11) is -1.81. The van der Waals surface area contributed by atoms with Gasteiger partial charge >= 0.3 is 0 Å². The van der Waals surface area contributed by atoms with E-state index in [-0.39, 0.29) is 10.8 Å². The van der Waals surface area contributed by atoms with Crippen LogP contribution in [0, 0.1) is 6.92 Å². The van der Waals surface area contributed by atoms with Crippen molar-refractivity contribution in [2.24, 2.45) is 0 Å². The van der Waals surface area contributed by atoms with Crippen LogP contribution in [0.4, 0.5) is 5.69 Å². The molecule has 0 bridgehead atoms. The Morgan fingerprint density at radius 3 is 2.58 bits per heavy atom. The number of sulfonamides is 1. The number of hydrogen-bond donors (Lipinski definition) is 1. The van der Waals surface area contributed by atoms with Gasteiger partial charge in [-0.25, -0.2) is 8.42 Å². The zero-order valence-corrected chi connectivity index (χ0v) is 19.5. The summed E-state index contributed by atoms with van der Waals surface area (Å²) in [4.78, 5) is 14.9. The summed E-state index contributed by atoms with van der Waals surface area (Å²) in [5.41, 5.74) is 2.01. The Bertz CT molecular complexity index is 1040. The minimum atomic E-state index is -3.66. The average Bonchev–Trinajstić information content (AvgIpc) is 2.76. The molecule has 1 aliphatic rings. The highest BCUT2D eigenvalue weighted by Crippen LogP contribution is 2.25.